The third-order valence-electron chi connectivity index (χ3n) is 4.07. The smallest absolute Gasteiger partial charge is 0.358 e. The van der Waals surface area contributed by atoms with Gasteiger partial charge in [-0.2, -0.15) is 9.38 Å². The number of imidazole rings is 1. The highest BCUT2D eigenvalue weighted by atomic mass is 16.6. The fourth-order valence-corrected chi connectivity index (χ4v) is 2.83. The number of nitrogens with one attached hydrogen (secondary N) is 1. The van der Waals surface area contributed by atoms with Gasteiger partial charge in [0, 0.05) is 18.8 Å². The third kappa shape index (κ3) is 3.34. The van der Waals surface area contributed by atoms with E-state index in [9.17, 15) is 14.9 Å². The number of amides is 1. The van der Waals surface area contributed by atoms with Gasteiger partial charge in [-0.3, -0.25) is 4.79 Å². The first-order valence-corrected chi connectivity index (χ1v) is 8.21. The maximum Gasteiger partial charge on any atom is 0.372 e. The molecule has 0 saturated heterocycles. The highest BCUT2D eigenvalue weighted by molar-refractivity contribution is 5.94. The number of anilines is 2. The van der Waals surface area contributed by atoms with E-state index in [-0.39, 0.29) is 24.1 Å². The van der Waals surface area contributed by atoms with Crippen molar-refractivity contribution in [2.45, 2.75) is 13.3 Å². The lowest BCUT2D eigenvalue weighted by Gasteiger charge is -2.16. The van der Waals surface area contributed by atoms with Crippen molar-refractivity contribution in [1.82, 2.24) is 9.38 Å². The zero-order chi connectivity index (χ0) is 18.7. The molecule has 26 heavy (non-hydrogen) atoms. The van der Waals surface area contributed by atoms with Crippen molar-refractivity contribution in [2.75, 3.05) is 23.8 Å². The molecule has 0 aliphatic heterocycles. The number of carbonyl (C=O) groups excluding carboxylic acids is 1. The normalized spacial score (nSPS) is 10.7. The molecule has 0 spiro atoms. The van der Waals surface area contributed by atoms with E-state index in [0.29, 0.717) is 5.65 Å². The van der Waals surface area contributed by atoms with E-state index in [1.807, 2.05) is 31.2 Å². The molecule has 3 aromatic rings. The number of aryl methyl sites for hydroxylation is 1. The molecule has 1 aromatic carbocycles. The monoisotopic (exact) mass is 353 g/mol. The molecule has 0 aliphatic carbocycles. The number of nitrogens with zero attached hydrogens (tertiary/aromatic N) is 4. The Balaban J connectivity index is 1.83. The van der Waals surface area contributed by atoms with Crippen LogP contribution in [0.2, 0.25) is 0 Å². The van der Waals surface area contributed by atoms with Crippen LogP contribution in [0.15, 0.2) is 48.7 Å². The van der Waals surface area contributed by atoms with E-state index >= 15 is 0 Å². The van der Waals surface area contributed by atoms with Crippen molar-refractivity contribution < 1.29 is 9.72 Å². The van der Waals surface area contributed by atoms with E-state index in [2.05, 4.69) is 10.3 Å². The molecular formula is C18H19N5O3. The van der Waals surface area contributed by atoms with Gasteiger partial charge in [-0.15, -0.1) is 0 Å². The summed E-state index contributed by atoms with van der Waals surface area (Å²) in [5.41, 5.74) is 2.23. The first-order chi connectivity index (χ1) is 12.5. The Morgan fingerprint density at radius 1 is 1.27 bits per heavy atom. The van der Waals surface area contributed by atoms with Gasteiger partial charge in [0.05, 0.1) is 12.7 Å². The SMILES string of the molecule is CCc1ccccc1NC(=O)CN(C)c1nc2ccccn2c1[N+](=O)[O-]. The summed E-state index contributed by atoms with van der Waals surface area (Å²) < 4.78 is 1.40. The largest absolute Gasteiger partial charge is 0.372 e. The Labute approximate surface area is 150 Å². The number of carbonyl (C=O) groups is 1. The summed E-state index contributed by atoms with van der Waals surface area (Å²) >= 11 is 0. The highest BCUT2D eigenvalue weighted by Gasteiger charge is 2.26. The number of fused-ring (bicyclic) bond motifs is 1. The van der Waals surface area contributed by atoms with Crippen LogP contribution in [-0.4, -0.2) is 33.8 Å². The van der Waals surface area contributed by atoms with Gasteiger partial charge in [0.25, 0.3) is 0 Å². The Hall–Kier alpha value is -3.42. The van der Waals surface area contributed by atoms with E-state index in [1.165, 1.54) is 9.30 Å². The van der Waals surface area contributed by atoms with Crippen LogP contribution >= 0.6 is 0 Å². The van der Waals surface area contributed by atoms with Gasteiger partial charge < -0.3 is 20.3 Å². The van der Waals surface area contributed by atoms with E-state index in [0.717, 1.165) is 17.7 Å². The fourth-order valence-electron chi connectivity index (χ4n) is 2.83. The van der Waals surface area contributed by atoms with Gasteiger partial charge in [-0.1, -0.05) is 31.2 Å². The predicted molar refractivity (Wildman–Crippen MR) is 99.6 cm³/mol. The summed E-state index contributed by atoms with van der Waals surface area (Å²) in [5, 5.41) is 14.3. The summed E-state index contributed by atoms with van der Waals surface area (Å²) in [5.74, 6) is -0.273. The molecule has 2 aromatic heterocycles. The maximum absolute atomic E-state index is 12.4. The fraction of sp³-hybridized carbons (Fsp3) is 0.222. The number of para-hydroxylation sites is 1. The van der Waals surface area contributed by atoms with Crippen molar-refractivity contribution in [3.63, 3.8) is 0 Å². The van der Waals surface area contributed by atoms with Crippen LogP contribution in [0.5, 0.6) is 0 Å². The van der Waals surface area contributed by atoms with Gasteiger partial charge in [-0.25, -0.2) is 0 Å². The van der Waals surface area contributed by atoms with E-state index < -0.39 is 4.92 Å². The van der Waals surface area contributed by atoms with Crippen molar-refractivity contribution in [1.29, 1.82) is 0 Å². The molecule has 1 amide bonds. The lowest BCUT2D eigenvalue weighted by Crippen LogP contribution is -2.31. The molecule has 0 unspecified atom stereocenters. The summed E-state index contributed by atoms with van der Waals surface area (Å²) in [4.78, 5) is 29.2. The molecule has 1 N–H and O–H groups in total. The van der Waals surface area contributed by atoms with Crippen molar-refractivity contribution in [3.05, 3.63) is 64.3 Å². The molecule has 0 bridgehead atoms. The molecule has 0 atom stereocenters. The number of rotatable bonds is 6. The molecule has 3 rings (SSSR count). The number of nitro groups is 1. The van der Waals surface area contributed by atoms with Crippen molar-refractivity contribution in [3.8, 4) is 0 Å². The van der Waals surface area contributed by atoms with Gasteiger partial charge >= 0.3 is 5.82 Å². The van der Waals surface area contributed by atoms with Crippen LogP contribution in [-0.2, 0) is 11.2 Å². The van der Waals surface area contributed by atoms with Crippen LogP contribution in [0.25, 0.3) is 5.65 Å². The first kappa shape index (κ1) is 17.4. The van der Waals surface area contributed by atoms with Crippen LogP contribution < -0.4 is 10.2 Å². The van der Waals surface area contributed by atoms with Gasteiger partial charge in [0.1, 0.15) is 0 Å². The number of aromatic nitrogens is 2. The van der Waals surface area contributed by atoms with Crippen molar-refractivity contribution in [2.24, 2.45) is 0 Å². The minimum atomic E-state index is -0.490. The molecule has 0 radical (unpaired) electrons. The van der Waals surface area contributed by atoms with E-state index in [1.54, 1.807) is 31.4 Å². The maximum atomic E-state index is 12.4. The molecule has 0 fully saturated rings. The van der Waals surface area contributed by atoms with Gasteiger partial charge in [-0.05, 0) is 29.0 Å². The molecule has 8 nitrogen and oxygen atoms in total. The van der Waals surface area contributed by atoms with Crippen LogP contribution in [0, 0.1) is 10.1 Å². The van der Waals surface area contributed by atoms with Crippen molar-refractivity contribution >= 4 is 28.9 Å². The number of benzene rings is 1. The number of pyridine rings is 1. The lowest BCUT2D eigenvalue weighted by atomic mass is 10.1. The summed E-state index contributed by atoms with van der Waals surface area (Å²) in [7, 11) is 1.61. The summed E-state index contributed by atoms with van der Waals surface area (Å²) in [6.45, 7) is 1.96. The number of likely N-dealkylation sites (N-methyl/N-ethyl adjacent to an activating group) is 1. The molecule has 0 saturated carbocycles. The predicted octanol–water partition coefficient (Wildman–Crippen LogP) is 2.88. The Morgan fingerprint density at radius 3 is 2.73 bits per heavy atom. The minimum Gasteiger partial charge on any atom is -0.358 e. The molecular weight excluding hydrogens is 334 g/mol. The number of hydrogen-bond acceptors (Lipinski definition) is 5. The standard InChI is InChI=1S/C18H19N5O3/c1-3-13-8-4-5-9-14(13)19-16(24)12-21(2)17-18(23(25)26)22-11-7-6-10-15(22)20-17/h4-11H,3,12H2,1-2H3,(H,19,24). The summed E-state index contributed by atoms with van der Waals surface area (Å²) in [6.07, 6.45) is 2.37. The average Bonchev–Trinajstić information content (AvgIpc) is 3.02. The van der Waals surface area contributed by atoms with E-state index in [4.69, 9.17) is 0 Å². The molecule has 8 heteroatoms. The Bertz CT molecular complexity index is 966. The van der Waals surface area contributed by atoms with Crippen LogP contribution in [0.1, 0.15) is 12.5 Å². The first-order valence-electron chi connectivity index (χ1n) is 8.21. The topological polar surface area (TPSA) is 92.8 Å². The second kappa shape index (κ2) is 7.22. The zero-order valence-corrected chi connectivity index (χ0v) is 14.5. The highest BCUT2D eigenvalue weighted by Crippen LogP contribution is 2.28. The Morgan fingerprint density at radius 2 is 2.00 bits per heavy atom. The third-order valence-corrected chi connectivity index (χ3v) is 4.07. The molecule has 134 valence electrons. The zero-order valence-electron chi connectivity index (χ0n) is 14.5. The van der Waals surface area contributed by atoms with Crippen LogP contribution in [0.3, 0.4) is 0 Å². The van der Waals surface area contributed by atoms with Gasteiger partial charge in [0.2, 0.25) is 17.4 Å². The Kier molecular flexibility index (Phi) is 4.83. The average molecular weight is 353 g/mol. The quantitative estimate of drug-likeness (QED) is 0.543. The second-order valence-electron chi connectivity index (χ2n) is 5.86. The second-order valence-corrected chi connectivity index (χ2v) is 5.86. The minimum absolute atomic E-state index is 0.0528. The van der Waals surface area contributed by atoms with Gasteiger partial charge in [0.15, 0.2) is 0 Å². The lowest BCUT2D eigenvalue weighted by molar-refractivity contribution is -0.389. The summed E-state index contributed by atoms with van der Waals surface area (Å²) in [6, 6.07) is 12.7. The molecule has 2 heterocycles. The molecule has 0 aliphatic rings. The number of hydrogen-bond donors (Lipinski definition) is 1. The van der Waals surface area contributed by atoms with Crippen LogP contribution in [0.4, 0.5) is 17.3 Å².